The Bertz CT molecular complexity index is 2460. The van der Waals surface area contributed by atoms with Gasteiger partial charge in [0.2, 0.25) is 0 Å². The molecule has 46 heavy (non-hydrogen) atoms. The summed E-state index contributed by atoms with van der Waals surface area (Å²) in [5.41, 5.74) is 9.37. The van der Waals surface area contributed by atoms with Gasteiger partial charge in [0, 0.05) is 33.5 Å². The van der Waals surface area contributed by atoms with Crippen LogP contribution in [0.15, 0.2) is 182 Å². The summed E-state index contributed by atoms with van der Waals surface area (Å²) in [6.45, 7) is 0. The van der Waals surface area contributed by atoms with Crippen LogP contribution in [-0.4, -0.2) is 4.57 Å². The minimum atomic E-state index is 1.12. The fourth-order valence-corrected chi connectivity index (χ4v) is 7.01. The molecule has 216 valence electrons. The molecule has 1 heterocycles. The van der Waals surface area contributed by atoms with E-state index in [4.69, 9.17) is 0 Å². The van der Waals surface area contributed by atoms with E-state index >= 15 is 0 Å². The van der Waals surface area contributed by atoms with Crippen LogP contribution in [-0.2, 0) is 0 Å². The molecule has 0 spiro atoms. The molecular formula is C44H30N2. The van der Waals surface area contributed by atoms with E-state index in [9.17, 15) is 0 Å². The molecular weight excluding hydrogens is 556 g/mol. The summed E-state index contributed by atoms with van der Waals surface area (Å²) < 4.78 is 2.38. The Hall–Kier alpha value is -6.12. The molecule has 0 aliphatic heterocycles. The second kappa shape index (κ2) is 10.8. The molecule has 0 fully saturated rings. The zero-order chi connectivity index (χ0) is 30.5. The SMILES string of the molecule is c1ccc(-n2c3ccccc3c3c(-c4cccc(N(c5ccc6ccccc6c5)c5ccc6ccccc6c5)c4)cccc32)cc1. The molecule has 0 N–H and O–H groups in total. The van der Waals surface area contributed by atoms with Gasteiger partial charge in [-0.05, 0) is 93.3 Å². The van der Waals surface area contributed by atoms with Crippen molar-refractivity contribution in [1.82, 2.24) is 4.57 Å². The topological polar surface area (TPSA) is 8.17 Å². The van der Waals surface area contributed by atoms with E-state index in [0.717, 1.165) is 17.1 Å². The molecule has 8 aromatic carbocycles. The first-order chi connectivity index (χ1) is 22.8. The molecule has 1 aromatic heterocycles. The fourth-order valence-electron chi connectivity index (χ4n) is 7.01. The third kappa shape index (κ3) is 4.35. The van der Waals surface area contributed by atoms with Crippen LogP contribution in [0.4, 0.5) is 17.1 Å². The van der Waals surface area contributed by atoms with Crippen molar-refractivity contribution in [2.75, 3.05) is 4.90 Å². The minimum absolute atomic E-state index is 1.12. The summed E-state index contributed by atoms with van der Waals surface area (Å²) in [5.74, 6) is 0. The Labute approximate surface area is 268 Å². The molecule has 0 atom stereocenters. The highest BCUT2D eigenvalue weighted by Crippen LogP contribution is 2.42. The van der Waals surface area contributed by atoms with Crippen LogP contribution in [0.5, 0.6) is 0 Å². The Morgan fingerprint density at radius 2 is 0.935 bits per heavy atom. The Morgan fingerprint density at radius 3 is 1.65 bits per heavy atom. The van der Waals surface area contributed by atoms with E-state index in [-0.39, 0.29) is 0 Å². The lowest BCUT2D eigenvalue weighted by Crippen LogP contribution is -2.10. The van der Waals surface area contributed by atoms with Gasteiger partial charge in [0.15, 0.2) is 0 Å². The zero-order valence-corrected chi connectivity index (χ0v) is 25.2. The van der Waals surface area contributed by atoms with Crippen molar-refractivity contribution in [1.29, 1.82) is 0 Å². The van der Waals surface area contributed by atoms with Gasteiger partial charge in [-0.1, -0.05) is 121 Å². The lowest BCUT2D eigenvalue weighted by molar-refractivity contribution is 1.18. The number of anilines is 3. The van der Waals surface area contributed by atoms with Gasteiger partial charge < -0.3 is 9.47 Å². The molecule has 2 nitrogen and oxygen atoms in total. The summed E-state index contributed by atoms with van der Waals surface area (Å²) in [5, 5.41) is 7.44. The molecule has 9 aromatic rings. The maximum atomic E-state index is 2.38. The van der Waals surface area contributed by atoms with Crippen LogP contribution in [0.2, 0.25) is 0 Å². The maximum Gasteiger partial charge on any atom is 0.0547 e. The number of nitrogens with zero attached hydrogens (tertiary/aromatic N) is 2. The lowest BCUT2D eigenvalue weighted by Gasteiger charge is -2.27. The van der Waals surface area contributed by atoms with Gasteiger partial charge in [-0.3, -0.25) is 0 Å². The Morgan fingerprint density at radius 1 is 0.370 bits per heavy atom. The summed E-state index contributed by atoms with van der Waals surface area (Å²) in [6, 6.07) is 65.8. The van der Waals surface area contributed by atoms with Crippen molar-refractivity contribution < 1.29 is 0 Å². The van der Waals surface area contributed by atoms with E-state index in [2.05, 4.69) is 191 Å². The zero-order valence-electron chi connectivity index (χ0n) is 25.2. The number of rotatable bonds is 5. The highest BCUT2D eigenvalue weighted by molar-refractivity contribution is 6.16. The van der Waals surface area contributed by atoms with Gasteiger partial charge in [-0.25, -0.2) is 0 Å². The third-order valence-corrected chi connectivity index (χ3v) is 9.11. The average Bonchev–Trinajstić information content (AvgIpc) is 3.47. The van der Waals surface area contributed by atoms with Crippen molar-refractivity contribution in [2.45, 2.75) is 0 Å². The summed E-state index contributed by atoms with van der Waals surface area (Å²) in [7, 11) is 0. The lowest BCUT2D eigenvalue weighted by atomic mass is 9.98. The van der Waals surface area contributed by atoms with Gasteiger partial charge in [-0.15, -0.1) is 0 Å². The van der Waals surface area contributed by atoms with E-state index in [0.29, 0.717) is 0 Å². The van der Waals surface area contributed by atoms with Gasteiger partial charge in [0.1, 0.15) is 0 Å². The Kier molecular flexibility index (Phi) is 6.17. The van der Waals surface area contributed by atoms with Crippen LogP contribution in [0, 0.1) is 0 Å². The van der Waals surface area contributed by atoms with Crippen LogP contribution in [0.1, 0.15) is 0 Å². The molecule has 0 aliphatic rings. The molecule has 0 unspecified atom stereocenters. The Balaban J connectivity index is 1.26. The standard InChI is InChI=1S/C44H30N2/c1-2-17-36(18-3-1)46-42-22-9-8-20-41(42)44-40(21-11-23-43(44)46)35-16-10-19-37(30-35)45(38-26-24-31-12-4-6-14-33(31)28-38)39-27-25-32-13-5-7-15-34(32)29-39/h1-30H. The second-order valence-corrected chi connectivity index (χ2v) is 11.8. The van der Waals surface area contributed by atoms with E-state index in [1.54, 1.807) is 0 Å². The van der Waals surface area contributed by atoms with E-state index in [1.165, 1.54) is 60.2 Å². The fraction of sp³-hybridized carbons (Fsp3) is 0. The molecule has 0 amide bonds. The quantitative estimate of drug-likeness (QED) is 0.195. The van der Waals surface area contributed by atoms with Crippen molar-refractivity contribution in [2.24, 2.45) is 0 Å². The molecule has 2 heteroatoms. The van der Waals surface area contributed by atoms with Gasteiger partial charge in [0.05, 0.1) is 11.0 Å². The van der Waals surface area contributed by atoms with Crippen LogP contribution >= 0.6 is 0 Å². The highest BCUT2D eigenvalue weighted by atomic mass is 15.1. The number of fused-ring (bicyclic) bond motifs is 5. The maximum absolute atomic E-state index is 2.38. The molecule has 0 radical (unpaired) electrons. The second-order valence-electron chi connectivity index (χ2n) is 11.8. The molecule has 9 rings (SSSR count). The van der Waals surface area contributed by atoms with Crippen molar-refractivity contribution >= 4 is 60.4 Å². The molecule has 0 saturated heterocycles. The first-order valence-corrected chi connectivity index (χ1v) is 15.8. The first kappa shape index (κ1) is 26.3. The number of hydrogen-bond acceptors (Lipinski definition) is 1. The van der Waals surface area contributed by atoms with Crippen LogP contribution in [0.3, 0.4) is 0 Å². The first-order valence-electron chi connectivity index (χ1n) is 15.8. The smallest absolute Gasteiger partial charge is 0.0547 e. The van der Waals surface area contributed by atoms with Crippen LogP contribution in [0.25, 0.3) is 60.2 Å². The number of para-hydroxylation sites is 2. The minimum Gasteiger partial charge on any atom is -0.310 e. The molecule has 0 saturated carbocycles. The molecule has 0 aliphatic carbocycles. The van der Waals surface area contributed by atoms with Crippen molar-refractivity contribution in [3.8, 4) is 16.8 Å². The van der Waals surface area contributed by atoms with E-state index in [1.807, 2.05) is 0 Å². The summed E-state index contributed by atoms with van der Waals surface area (Å²) in [6.07, 6.45) is 0. The predicted molar refractivity (Wildman–Crippen MR) is 196 cm³/mol. The number of aromatic nitrogens is 1. The van der Waals surface area contributed by atoms with E-state index < -0.39 is 0 Å². The normalized spacial score (nSPS) is 11.5. The average molecular weight is 587 g/mol. The van der Waals surface area contributed by atoms with Crippen molar-refractivity contribution in [3.05, 3.63) is 182 Å². The largest absolute Gasteiger partial charge is 0.310 e. The van der Waals surface area contributed by atoms with Crippen LogP contribution < -0.4 is 4.90 Å². The van der Waals surface area contributed by atoms with Gasteiger partial charge in [0.25, 0.3) is 0 Å². The monoisotopic (exact) mass is 586 g/mol. The van der Waals surface area contributed by atoms with Crippen molar-refractivity contribution in [3.63, 3.8) is 0 Å². The third-order valence-electron chi connectivity index (χ3n) is 9.11. The molecule has 0 bridgehead atoms. The predicted octanol–water partition coefficient (Wildman–Crippen LogP) is 12.2. The summed E-state index contributed by atoms with van der Waals surface area (Å²) in [4.78, 5) is 2.38. The highest BCUT2D eigenvalue weighted by Gasteiger charge is 2.18. The number of hydrogen-bond donors (Lipinski definition) is 0. The van der Waals surface area contributed by atoms with Gasteiger partial charge >= 0.3 is 0 Å². The summed E-state index contributed by atoms with van der Waals surface area (Å²) >= 11 is 0. The number of benzene rings is 8. The van der Waals surface area contributed by atoms with Gasteiger partial charge in [-0.2, -0.15) is 0 Å².